The van der Waals surface area contributed by atoms with E-state index in [1.54, 1.807) is 11.3 Å². The lowest BCUT2D eigenvalue weighted by atomic mass is 9.92. The monoisotopic (exact) mass is 286 g/mol. The van der Waals surface area contributed by atoms with Crippen molar-refractivity contribution < 1.29 is 0 Å². The maximum Gasteiger partial charge on any atom is 0.113 e. The van der Waals surface area contributed by atoms with E-state index in [2.05, 4.69) is 36.6 Å². The molecule has 1 aromatic carbocycles. The fraction of sp³-hybridized carbons (Fsp3) is 0.471. The zero-order chi connectivity index (χ0) is 14.0. The predicted molar refractivity (Wildman–Crippen MR) is 85.9 cm³/mol. The van der Waals surface area contributed by atoms with E-state index in [9.17, 15) is 0 Å². The summed E-state index contributed by atoms with van der Waals surface area (Å²) in [6, 6.07) is 8.56. The first-order valence-electron chi connectivity index (χ1n) is 7.49. The first-order chi connectivity index (χ1) is 9.67. The van der Waals surface area contributed by atoms with Gasteiger partial charge in [-0.1, -0.05) is 55.5 Å². The smallest absolute Gasteiger partial charge is 0.113 e. The topological polar surface area (TPSA) is 38.9 Å². The van der Waals surface area contributed by atoms with Crippen LogP contribution in [0.2, 0.25) is 0 Å². The van der Waals surface area contributed by atoms with Gasteiger partial charge in [0.15, 0.2) is 0 Å². The minimum Gasteiger partial charge on any atom is -0.319 e. The highest BCUT2D eigenvalue weighted by atomic mass is 32.1. The fourth-order valence-electron chi connectivity index (χ4n) is 2.93. The van der Waals surface area contributed by atoms with E-state index in [1.807, 2.05) is 0 Å². The first-order valence-corrected chi connectivity index (χ1v) is 8.37. The Morgan fingerprint density at radius 1 is 1.05 bits per heavy atom. The minimum absolute atomic E-state index is 0.190. The van der Waals surface area contributed by atoms with Crippen molar-refractivity contribution in [2.24, 2.45) is 5.73 Å². The lowest BCUT2D eigenvalue weighted by molar-refractivity contribution is 0.384. The molecule has 0 unspecified atom stereocenters. The number of rotatable bonds is 2. The predicted octanol–water partition coefficient (Wildman–Crippen LogP) is 4.63. The molecule has 0 spiro atoms. The average Bonchev–Trinajstić information content (AvgIpc) is 2.84. The third-order valence-electron chi connectivity index (χ3n) is 4.27. The molecule has 1 fully saturated rings. The minimum atomic E-state index is -0.190. The van der Waals surface area contributed by atoms with Crippen LogP contribution in [0.25, 0.3) is 11.3 Å². The Bertz CT molecular complexity index is 563. The van der Waals surface area contributed by atoms with Gasteiger partial charge < -0.3 is 5.73 Å². The summed E-state index contributed by atoms with van der Waals surface area (Å²) in [5, 5.41) is 3.27. The van der Waals surface area contributed by atoms with Gasteiger partial charge in [0, 0.05) is 10.9 Å². The standard InChI is InChI=1S/C17H22N2S/c1-13-6-8-14(9-7-13)15-12-20-16(19-15)17(18)10-4-2-3-5-11-17/h6-9,12H,2-5,10-11,18H2,1H3. The molecule has 0 amide bonds. The van der Waals surface area contributed by atoms with Gasteiger partial charge in [-0.3, -0.25) is 0 Å². The van der Waals surface area contributed by atoms with E-state index >= 15 is 0 Å². The summed E-state index contributed by atoms with van der Waals surface area (Å²) < 4.78 is 0. The zero-order valence-corrected chi connectivity index (χ0v) is 12.9. The lowest BCUT2D eigenvalue weighted by Gasteiger charge is -2.25. The number of aromatic nitrogens is 1. The molecule has 3 heteroatoms. The molecule has 1 aromatic heterocycles. The molecule has 3 rings (SSSR count). The summed E-state index contributed by atoms with van der Waals surface area (Å²) >= 11 is 1.73. The van der Waals surface area contributed by atoms with Gasteiger partial charge in [-0.15, -0.1) is 11.3 Å². The summed E-state index contributed by atoms with van der Waals surface area (Å²) in [4.78, 5) is 4.84. The number of thiazole rings is 1. The Balaban J connectivity index is 1.87. The molecule has 2 aromatic rings. The van der Waals surface area contributed by atoms with E-state index < -0.39 is 0 Å². The van der Waals surface area contributed by atoms with Gasteiger partial charge in [0.05, 0.1) is 11.2 Å². The number of nitrogens with two attached hydrogens (primary N) is 1. The van der Waals surface area contributed by atoms with Crippen LogP contribution < -0.4 is 5.73 Å². The highest BCUT2D eigenvalue weighted by molar-refractivity contribution is 7.10. The lowest BCUT2D eigenvalue weighted by Crippen LogP contribution is -2.35. The highest BCUT2D eigenvalue weighted by Gasteiger charge is 2.31. The molecule has 2 nitrogen and oxygen atoms in total. The van der Waals surface area contributed by atoms with Crippen LogP contribution in [0, 0.1) is 6.92 Å². The molecule has 20 heavy (non-hydrogen) atoms. The fourth-order valence-corrected chi connectivity index (χ4v) is 3.93. The van der Waals surface area contributed by atoms with Crippen LogP contribution >= 0.6 is 11.3 Å². The molecule has 0 radical (unpaired) electrons. The number of benzene rings is 1. The van der Waals surface area contributed by atoms with Gasteiger partial charge in [-0.25, -0.2) is 4.98 Å². The van der Waals surface area contributed by atoms with Crippen LogP contribution in [-0.4, -0.2) is 4.98 Å². The Kier molecular flexibility index (Phi) is 3.90. The van der Waals surface area contributed by atoms with Gasteiger partial charge in [0.2, 0.25) is 0 Å². The van der Waals surface area contributed by atoms with Crippen LogP contribution in [0.1, 0.15) is 49.1 Å². The van der Waals surface area contributed by atoms with Crippen molar-refractivity contribution in [2.45, 2.75) is 51.0 Å². The Labute approximate surface area is 125 Å². The van der Waals surface area contributed by atoms with Crippen molar-refractivity contribution in [3.63, 3.8) is 0 Å². The molecule has 1 aliphatic rings. The summed E-state index contributed by atoms with van der Waals surface area (Å²) in [7, 11) is 0. The van der Waals surface area contributed by atoms with Crippen LogP contribution in [0.4, 0.5) is 0 Å². The molecule has 0 aliphatic heterocycles. The number of nitrogens with zero attached hydrogens (tertiary/aromatic N) is 1. The van der Waals surface area contributed by atoms with Crippen molar-refractivity contribution in [3.05, 3.63) is 40.2 Å². The summed E-state index contributed by atoms with van der Waals surface area (Å²) in [6.07, 6.45) is 7.25. The van der Waals surface area contributed by atoms with Gasteiger partial charge >= 0.3 is 0 Å². The SMILES string of the molecule is Cc1ccc(-c2csc(C3(N)CCCCCC3)n2)cc1. The summed E-state index contributed by atoms with van der Waals surface area (Å²) in [6.45, 7) is 2.11. The molecule has 1 heterocycles. The van der Waals surface area contributed by atoms with Gasteiger partial charge in [-0.05, 0) is 19.8 Å². The quantitative estimate of drug-likeness (QED) is 0.818. The number of aryl methyl sites for hydroxylation is 1. The molecule has 0 atom stereocenters. The molecule has 106 valence electrons. The maximum absolute atomic E-state index is 6.64. The Hall–Kier alpha value is -1.19. The van der Waals surface area contributed by atoms with E-state index in [4.69, 9.17) is 10.7 Å². The van der Waals surface area contributed by atoms with E-state index in [1.165, 1.54) is 36.8 Å². The average molecular weight is 286 g/mol. The molecule has 1 saturated carbocycles. The van der Waals surface area contributed by atoms with Crippen LogP contribution in [0.3, 0.4) is 0 Å². The van der Waals surface area contributed by atoms with E-state index in [0.717, 1.165) is 23.5 Å². The molecule has 1 aliphatic carbocycles. The van der Waals surface area contributed by atoms with Crippen molar-refractivity contribution in [1.82, 2.24) is 4.98 Å². The second kappa shape index (κ2) is 5.66. The van der Waals surface area contributed by atoms with Crippen molar-refractivity contribution in [2.75, 3.05) is 0 Å². The molecule has 2 N–H and O–H groups in total. The molecular formula is C17H22N2S. The van der Waals surface area contributed by atoms with Crippen LogP contribution in [-0.2, 0) is 5.54 Å². The second-order valence-corrected chi connectivity index (χ2v) is 6.83. The summed E-state index contributed by atoms with van der Waals surface area (Å²) in [5.41, 5.74) is 9.99. The second-order valence-electron chi connectivity index (χ2n) is 5.97. The van der Waals surface area contributed by atoms with Gasteiger partial charge in [0.1, 0.15) is 5.01 Å². The van der Waals surface area contributed by atoms with Crippen LogP contribution in [0.15, 0.2) is 29.6 Å². The molecule has 0 bridgehead atoms. The molecule has 0 saturated heterocycles. The zero-order valence-electron chi connectivity index (χ0n) is 12.1. The van der Waals surface area contributed by atoms with E-state index in [-0.39, 0.29) is 5.54 Å². The van der Waals surface area contributed by atoms with Crippen molar-refractivity contribution >= 4 is 11.3 Å². The molecular weight excluding hydrogens is 264 g/mol. The van der Waals surface area contributed by atoms with E-state index in [0.29, 0.717) is 0 Å². The number of hydrogen-bond donors (Lipinski definition) is 1. The third-order valence-corrected chi connectivity index (χ3v) is 5.34. The van der Waals surface area contributed by atoms with Crippen molar-refractivity contribution in [1.29, 1.82) is 0 Å². The Morgan fingerprint density at radius 3 is 2.35 bits per heavy atom. The maximum atomic E-state index is 6.64. The number of hydrogen-bond acceptors (Lipinski definition) is 3. The first kappa shape index (κ1) is 13.8. The van der Waals surface area contributed by atoms with Gasteiger partial charge in [0.25, 0.3) is 0 Å². The van der Waals surface area contributed by atoms with Crippen molar-refractivity contribution in [3.8, 4) is 11.3 Å². The normalized spacial score (nSPS) is 18.7. The van der Waals surface area contributed by atoms with Crippen LogP contribution in [0.5, 0.6) is 0 Å². The largest absolute Gasteiger partial charge is 0.319 e. The highest BCUT2D eigenvalue weighted by Crippen LogP contribution is 2.36. The Morgan fingerprint density at radius 2 is 1.70 bits per heavy atom. The summed E-state index contributed by atoms with van der Waals surface area (Å²) in [5.74, 6) is 0. The third kappa shape index (κ3) is 2.79. The van der Waals surface area contributed by atoms with Gasteiger partial charge in [-0.2, -0.15) is 0 Å².